The lowest BCUT2D eigenvalue weighted by molar-refractivity contribution is -0.108. The first-order chi connectivity index (χ1) is 8.20. The summed E-state index contributed by atoms with van der Waals surface area (Å²) in [6.45, 7) is 1.82. The summed E-state index contributed by atoms with van der Waals surface area (Å²) in [4.78, 5) is 22.9. The van der Waals surface area contributed by atoms with Gasteiger partial charge < -0.3 is 10.1 Å². The van der Waals surface area contributed by atoms with Crippen LogP contribution in [0.15, 0.2) is 30.3 Å². The summed E-state index contributed by atoms with van der Waals surface area (Å²) in [5.74, 6) is -0.111. The SMILES string of the molecule is C[C@@H](CC=O)NC(=O)c1cc2ccccc2s1. The summed E-state index contributed by atoms with van der Waals surface area (Å²) >= 11 is 1.47. The van der Waals surface area contributed by atoms with Crippen LogP contribution in [0.2, 0.25) is 0 Å². The van der Waals surface area contributed by atoms with E-state index < -0.39 is 0 Å². The third-order valence-electron chi connectivity index (χ3n) is 2.48. The van der Waals surface area contributed by atoms with E-state index >= 15 is 0 Å². The number of nitrogens with one attached hydrogen (secondary N) is 1. The van der Waals surface area contributed by atoms with Crippen molar-refractivity contribution in [1.82, 2.24) is 5.32 Å². The van der Waals surface area contributed by atoms with Gasteiger partial charge in [0.2, 0.25) is 0 Å². The van der Waals surface area contributed by atoms with Crippen LogP contribution in [0.1, 0.15) is 23.0 Å². The van der Waals surface area contributed by atoms with Crippen LogP contribution in [0.5, 0.6) is 0 Å². The number of amides is 1. The molecular weight excluding hydrogens is 234 g/mol. The van der Waals surface area contributed by atoms with E-state index in [9.17, 15) is 9.59 Å². The second kappa shape index (κ2) is 5.10. The topological polar surface area (TPSA) is 46.2 Å². The van der Waals surface area contributed by atoms with Gasteiger partial charge >= 0.3 is 0 Å². The first kappa shape index (κ1) is 11.8. The van der Waals surface area contributed by atoms with Crippen LogP contribution in [-0.2, 0) is 4.79 Å². The Labute approximate surface area is 103 Å². The molecule has 0 spiro atoms. The lowest BCUT2D eigenvalue weighted by Gasteiger charge is -2.08. The molecule has 2 rings (SSSR count). The van der Waals surface area contributed by atoms with Gasteiger partial charge in [-0.3, -0.25) is 4.79 Å². The fourth-order valence-corrected chi connectivity index (χ4v) is 2.56. The molecule has 0 unspecified atom stereocenters. The molecule has 1 heterocycles. The van der Waals surface area contributed by atoms with Crippen molar-refractivity contribution in [3.63, 3.8) is 0 Å². The fourth-order valence-electron chi connectivity index (χ4n) is 1.59. The molecule has 1 N–H and O–H groups in total. The largest absolute Gasteiger partial charge is 0.348 e. The smallest absolute Gasteiger partial charge is 0.261 e. The third-order valence-corrected chi connectivity index (χ3v) is 3.59. The van der Waals surface area contributed by atoms with E-state index in [2.05, 4.69) is 5.32 Å². The van der Waals surface area contributed by atoms with E-state index in [1.54, 1.807) is 0 Å². The maximum atomic E-state index is 11.9. The van der Waals surface area contributed by atoms with Crippen LogP contribution >= 0.6 is 11.3 Å². The lowest BCUT2D eigenvalue weighted by Crippen LogP contribution is -2.32. The zero-order valence-electron chi connectivity index (χ0n) is 9.47. The molecule has 0 saturated carbocycles. The van der Waals surface area contributed by atoms with E-state index in [0.29, 0.717) is 11.3 Å². The molecule has 3 nitrogen and oxygen atoms in total. The molecule has 1 amide bonds. The molecule has 0 aliphatic rings. The standard InChI is InChI=1S/C13H13NO2S/c1-9(6-7-15)14-13(16)12-8-10-4-2-3-5-11(10)17-12/h2-5,7-9H,6H2,1H3,(H,14,16)/t9-/m0/s1. The zero-order chi connectivity index (χ0) is 12.3. The van der Waals surface area contributed by atoms with Crippen molar-refractivity contribution in [2.45, 2.75) is 19.4 Å². The maximum Gasteiger partial charge on any atom is 0.261 e. The van der Waals surface area contributed by atoms with Crippen molar-refractivity contribution in [3.8, 4) is 0 Å². The highest BCUT2D eigenvalue weighted by Crippen LogP contribution is 2.25. The molecule has 17 heavy (non-hydrogen) atoms. The molecule has 0 saturated heterocycles. The van der Waals surface area contributed by atoms with E-state index in [4.69, 9.17) is 0 Å². The minimum atomic E-state index is -0.120. The van der Waals surface area contributed by atoms with Gasteiger partial charge in [0.15, 0.2) is 0 Å². The molecule has 0 fully saturated rings. The number of fused-ring (bicyclic) bond motifs is 1. The predicted molar refractivity (Wildman–Crippen MR) is 69.4 cm³/mol. The van der Waals surface area contributed by atoms with Crippen molar-refractivity contribution in [1.29, 1.82) is 0 Å². The molecular formula is C13H13NO2S. The van der Waals surface area contributed by atoms with Crippen molar-refractivity contribution in [3.05, 3.63) is 35.2 Å². The average molecular weight is 247 g/mol. The Kier molecular flexibility index (Phi) is 3.54. The van der Waals surface area contributed by atoms with Crippen molar-refractivity contribution >= 4 is 33.6 Å². The highest BCUT2D eigenvalue weighted by molar-refractivity contribution is 7.20. The molecule has 0 aliphatic heterocycles. The van der Waals surface area contributed by atoms with Crippen molar-refractivity contribution in [2.24, 2.45) is 0 Å². The van der Waals surface area contributed by atoms with Crippen LogP contribution in [0, 0.1) is 0 Å². The Balaban J connectivity index is 2.16. The van der Waals surface area contributed by atoms with Gasteiger partial charge in [0, 0.05) is 17.2 Å². The second-order valence-corrected chi connectivity index (χ2v) is 5.01. The van der Waals surface area contributed by atoms with Gasteiger partial charge in [0.1, 0.15) is 6.29 Å². The highest BCUT2D eigenvalue weighted by Gasteiger charge is 2.12. The average Bonchev–Trinajstić information content (AvgIpc) is 2.72. The number of hydrogen-bond acceptors (Lipinski definition) is 3. The van der Waals surface area contributed by atoms with Crippen LogP contribution < -0.4 is 5.32 Å². The molecule has 0 bridgehead atoms. The monoisotopic (exact) mass is 247 g/mol. The van der Waals surface area contributed by atoms with E-state index in [1.807, 2.05) is 37.3 Å². The predicted octanol–water partition coefficient (Wildman–Crippen LogP) is 2.61. The Bertz CT molecular complexity index is 514. The Morgan fingerprint density at radius 3 is 2.94 bits per heavy atom. The third kappa shape index (κ3) is 2.71. The number of carbonyl (C=O) groups is 2. The molecule has 4 heteroatoms. The van der Waals surface area contributed by atoms with Gasteiger partial charge in [0.25, 0.3) is 5.91 Å². The van der Waals surface area contributed by atoms with Crippen molar-refractivity contribution in [2.75, 3.05) is 0 Å². The van der Waals surface area contributed by atoms with Crippen LogP contribution in [0.4, 0.5) is 0 Å². The first-order valence-corrected chi connectivity index (χ1v) is 6.25. The first-order valence-electron chi connectivity index (χ1n) is 5.44. The molecule has 1 aromatic carbocycles. The van der Waals surface area contributed by atoms with Gasteiger partial charge in [-0.15, -0.1) is 11.3 Å². The summed E-state index contributed by atoms with van der Waals surface area (Å²) in [6.07, 6.45) is 1.16. The molecule has 1 aromatic heterocycles. The fraction of sp³-hybridized carbons (Fsp3) is 0.231. The number of carbonyl (C=O) groups excluding carboxylic acids is 2. The van der Waals surface area contributed by atoms with Gasteiger partial charge in [0.05, 0.1) is 4.88 Å². The number of benzene rings is 1. The Morgan fingerprint density at radius 2 is 2.24 bits per heavy atom. The molecule has 0 aliphatic carbocycles. The van der Waals surface area contributed by atoms with Gasteiger partial charge in [-0.05, 0) is 24.4 Å². The van der Waals surface area contributed by atoms with E-state index in [0.717, 1.165) is 16.4 Å². The van der Waals surface area contributed by atoms with Gasteiger partial charge in [-0.25, -0.2) is 0 Å². The quantitative estimate of drug-likeness (QED) is 0.844. The molecule has 0 radical (unpaired) electrons. The molecule has 1 atom stereocenters. The summed E-state index contributed by atoms with van der Waals surface area (Å²) in [5, 5.41) is 3.87. The van der Waals surface area contributed by atoms with Crippen LogP contribution in [0.25, 0.3) is 10.1 Å². The summed E-state index contributed by atoms with van der Waals surface area (Å²) in [6, 6.07) is 9.64. The minimum Gasteiger partial charge on any atom is -0.348 e. The van der Waals surface area contributed by atoms with Gasteiger partial charge in [-0.1, -0.05) is 18.2 Å². The number of aldehydes is 1. The zero-order valence-corrected chi connectivity index (χ0v) is 10.3. The molecule has 88 valence electrons. The molecule has 2 aromatic rings. The normalized spacial score (nSPS) is 12.3. The Morgan fingerprint density at radius 1 is 1.47 bits per heavy atom. The van der Waals surface area contributed by atoms with Crippen molar-refractivity contribution < 1.29 is 9.59 Å². The second-order valence-electron chi connectivity index (χ2n) is 3.93. The summed E-state index contributed by atoms with van der Waals surface area (Å²) < 4.78 is 1.10. The van der Waals surface area contributed by atoms with E-state index in [1.165, 1.54) is 11.3 Å². The number of hydrogen-bond donors (Lipinski definition) is 1. The van der Waals surface area contributed by atoms with Gasteiger partial charge in [-0.2, -0.15) is 0 Å². The highest BCUT2D eigenvalue weighted by atomic mass is 32.1. The summed E-state index contributed by atoms with van der Waals surface area (Å²) in [7, 11) is 0. The number of rotatable bonds is 4. The lowest BCUT2D eigenvalue weighted by atomic mass is 10.2. The van der Waals surface area contributed by atoms with Crippen LogP contribution in [0.3, 0.4) is 0 Å². The van der Waals surface area contributed by atoms with E-state index in [-0.39, 0.29) is 11.9 Å². The minimum absolute atomic E-state index is 0.111. The Hall–Kier alpha value is -1.68. The maximum absolute atomic E-state index is 11.9. The summed E-state index contributed by atoms with van der Waals surface area (Å²) in [5.41, 5.74) is 0. The number of thiophene rings is 1. The van der Waals surface area contributed by atoms with Crippen LogP contribution in [-0.4, -0.2) is 18.2 Å².